The summed E-state index contributed by atoms with van der Waals surface area (Å²) in [5, 5.41) is 32.8. The Bertz CT molecular complexity index is 539. The highest BCUT2D eigenvalue weighted by Crippen LogP contribution is 2.32. The Kier molecular flexibility index (Phi) is 3.82. The van der Waals surface area contributed by atoms with Crippen molar-refractivity contribution in [3.05, 3.63) is 33.9 Å². The van der Waals surface area contributed by atoms with Crippen LogP contribution in [0.4, 0.5) is 11.4 Å². The SMILES string of the molecule is CC(C)(O)C(C)(C)Nc1ccc(C#N)cc1[N+](=O)[O-]. The first-order valence-corrected chi connectivity index (χ1v) is 5.77. The molecule has 0 atom stereocenters. The largest absolute Gasteiger partial charge is 0.388 e. The van der Waals surface area contributed by atoms with Gasteiger partial charge >= 0.3 is 0 Å². The van der Waals surface area contributed by atoms with E-state index in [1.807, 2.05) is 6.07 Å². The number of hydrogen-bond donors (Lipinski definition) is 2. The fourth-order valence-electron chi connectivity index (χ4n) is 1.35. The average molecular weight is 263 g/mol. The van der Waals surface area contributed by atoms with E-state index in [1.165, 1.54) is 18.2 Å². The molecule has 0 unspecified atom stereocenters. The van der Waals surface area contributed by atoms with E-state index in [0.29, 0.717) is 0 Å². The highest BCUT2D eigenvalue weighted by atomic mass is 16.6. The molecule has 0 amide bonds. The van der Waals surface area contributed by atoms with Crippen molar-refractivity contribution in [3.63, 3.8) is 0 Å². The van der Waals surface area contributed by atoms with E-state index in [4.69, 9.17) is 5.26 Å². The van der Waals surface area contributed by atoms with Crippen molar-refractivity contribution in [3.8, 4) is 6.07 Å². The summed E-state index contributed by atoms with van der Waals surface area (Å²) >= 11 is 0. The molecule has 0 aliphatic carbocycles. The van der Waals surface area contributed by atoms with Crippen LogP contribution in [0.5, 0.6) is 0 Å². The minimum Gasteiger partial charge on any atom is -0.388 e. The summed E-state index contributed by atoms with van der Waals surface area (Å²) in [5.41, 5.74) is -1.54. The Balaban J connectivity index is 3.23. The molecule has 0 radical (unpaired) electrons. The maximum Gasteiger partial charge on any atom is 0.293 e. The Hall–Kier alpha value is -2.13. The van der Waals surface area contributed by atoms with Gasteiger partial charge in [-0.1, -0.05) is 0 Å². The normalized spacial score (nSPS) is 11.8. The highest BCUT2D eigenvalue weighted by Gasteiger charge is 2.36. The number of nitrogens with zero attached hydrogens (tertiary/aromatic N) is 2. The lowest BCUT2D eigenvalue weighted by molar-refractivity contribution is -0.384. The van der Waals surface area contributed by atoms with E-state index < -0.39 is 16.1 Å². The van der Waals surface area contributed by atoms with Gasteiger partial charge in [0.15, 0.2) is 0 Å². The van der Waals surface area contributed by atoms with Crippen molar-refractivity contribution in [1.29, 1.82) is 5.26 Å². The smallest absolute Gasteiger partial charge is 0.293 e. The van der Waals surface area contributed by atoms with Crippen LogP contribution in [-0.2, 0) is 0 Å². The van der Waals surface area contributed by atoms with Crippen molar-refractivity contribution in [1.82, 2.24) is 0 Å². The molecule has 6 heteroatoms. The van der Waals surface area contributed by atoms with Gasteiger partial charge in [-0.05, 0) is 39.8 Å². The third-order valence-corrected chi connectivity index (χ3v) is 3.30. The van der Waals surface area contributed by atoms with E-state index in [9.17, 15) is 15.2 Å². The first-order chi connectivity index (χ1) is 8.58. The third kappa shape index (κ3) is 3.20. The van der Waals surface area contributed by atoms with Gasteiger partial charge < -0.3 is 10.4 Å². The van der Waals surface area contributed by atoms with Gasteiger partial charge in [-0.25, -0.2) is 0 Å². The van der Waals surface area contributed by atoms with Gasteiger partial charge in [0.2, 0.25) is 0 Å². The van der Waals surface area contributed by atoms with Gasteiger partial charge in [-0.3, -0.25) is 10.1 Å². The molecule has 0 aromatic heterocycles. The maximum atomic E-state index is 11.0. The lowest BCUT2D eigenvalue weighted by Crippen LogP contribution is -2.51. The van der Waals surface area contributed by atoms with Gasteiger partial charge in [-0.15, -0.1) is 0 Å². The topological polar surface area (TPSA) is 99.2 Å². The van der Waals surface area contributed by atoms with Gasteiger partial charge in [0, 0.05) is 6.07 Å². The second kappa shape index (κ2) is 4.86. The predicted octanol–water partition coefficient (Wildman–Crippen LogP) is 2.43. The molecule has 0 saturated heterocycles. The standard InChI is InChI=1S/C13H17N3O3/c1-12(2,13(3,4)17)15-10-6-5-9(8-14)7-11(10)16(18)19/h5-7,15,17H,1-4H3. The number of benzene rings is 1. The summed E-state index contributed by atoms with van der Waals surface area (Å²) < 4.78 is 0. The Morgan fingerprint density at radius 3 is 2.37 bits per heavy atom. The van der Waals surface area contributed by atoms with Crippen LogP contribution in [0.25, 0.3) is 0 Å². The van der Waals surface area contributed by atoms with E-state index >= 15 is 0 Å². The zero-order chi connectivity index (χ0) is 14.8. The zero-order valence-electron chi connectivity index (χ0n) is 11.4. The predicted molar refractivity (Wildman–Crippen MR) is 71.8 cm³/mol. The Morgan fingerprint density at radius 2 is 1.95 bits per heavy atom. The number of rotatable bonds is 4. The number of hydrogen-bond acceptors (Lipinski definition) is 5. The molecule has 0 aliphatic heterocycles. The average Bonchev–Trinajstić information content (AvgIpc) is 2.27. The third-order valence-electron chi connectivity index (χ3n) is 3.30. The molecule has 0 heterocycles. The fourth-order valence-corrected chi connectivity index (χ4v) is 1.35. The molecule has 1 rings (SSSR count). The van der Waals surface area contributed by atoms with E-state index in [0.717, 1.165) is 0 Å². The number of nitro benzene ring substituents is 1. The first kappa shape index (κ1) is 14.9. The summed E-state index contributed by atoms with van der Waals surface area (Å²) in [7, 11) is 0. The van der Waals surface area contributed by atoms with E-state index in [2.05, 4.69) is 5.32 Å². The molecule has 1 aromatic rings. The summed E-state index contributed by atoms with van der Waals surface area (Å²) in [4.78, 5) is 10.5. The molecule has 0 aliphatic rings. The van der Waals surface area contributed by atoms with E-state index in [1.54, 1.807) is 27.7 Å². The van der Waals surface area contributed by atoms with Crippen LogP contribution in [0.3, 0.4) is 0 Å². The second-order valence-corrected chi connectivity index (χ2v) is 5.41. The minimum atomic E-state index is -1.07. The van der Waals surface area contributed by atoms with Crippen LogP contribution >= 0.6 is 0 Å². The molecule has 6 nitrogen and oxygen atoms in total. The monoisotopic (exact) mass is 263 g/mol. The Morgan fingerprint density at radius 1 is 1.37 bits per heavy atom. The lowest BCUT2D eigenvalue weighted by Gasteiger charge is -2.38. The molecule has 0 spiro atoms. The van der Waals surface area contributed by atoms with Crippen LogP contribution in [0.15, 0.2) is 18.2 Å². The summed E-state index contributed by atoms with van der Waals surface area (Å²) in [6.07, 6.45) is 0. The van der Waals surface area contributed by atoms with Crippen molar-refractivity contribution >= 4 is 11.4 Å². The van der Waals surface area contributed by atoms with Crippen LogP contribution in [0.2, 0.25) is 0 Å². The van der Waals surface area contributed by atoms with Crippen LogP contribution < -0.4 is 5.32 Å². The second-order valence-electron chi connectivity index (χ2n) is 5.41. The van der Waals surface area contributed by atoms with Gasteiger partial charge in [-0.2, -0.15) is 5.26 Å². The van der Waals surface area contributed by atoms with Crippen molar-refractivity contribution < 1.29 is 10.0 Å². The molecule has 102 valence electrons. The molecule has 0 saturated carbocycles. The molecule has 2 N–H and O–H groups in total. The van der Waals surface area contributed by atoms with Crippen LogP contribution in [-0.4, -0.2) is 21.2 Å². The van der Waals surface area contributed by atoms with Crippen LogP contribution in [0.1, 0.15) is 33.3 Å². The number of aliphatic hydroxyl groups is 1. The molecule has 0 fully saturated rings. The van der Waals surface area contributed by atoms with Crippen molar-refractivity contribution in [2.45, 2.75) is 38.8 Å². The lowest BCUT2D eigenvalue weighted by atomic mass is 9.85. The summed E-state index contributed by atoms with van der Waals surface area (Å²) in [6.45, 7) is 6.73. The zero-order valence-corrected chi connectivity index (χ0v) is 11.4. The molecule has 0 bridgehead atoms. The van der Waals surface area contributed by atoms with Gasteiger partial charge in [0.1, 0.15) is 5.69 Å². The highest BCUT2D eigenvalue weighted by molar-refractivity contribution is 5.65. The quantitative estimate of drug-likeness (QED) is 0.642. The van der Waals surface area contributed by atoms with Gasteiger partial charge in [0.05, 0.1) is 27.7 Å². The molecular formula is C13H17N3O3. The molecule has 19 heavy (non-hydrogen) atoms. The number of nitriles is 1. The summed E-state index contributed by atoms with van der Waals surface area (Å²) in [6, 6.07) is 6.04. The van der Waals surface area contributed by atoms with Gasteiger partial charge in [0.25, 0.3) is 5.69 Å². The minimum absolute atomic E-state index is 0.184. The molecule has 1 aromatic carbocycles. The Labute approximate surface area is 111 Å². The summed E-state index contributed by atoms with van der Waals surface area (Å²) in [5.74, 6) is 0. The first-order valence-electron chi connectivity index (χ1n) is 5.77. The fraction of sp³-hybridized carbons (Fsp3) is 0.462. The number of nitrogens with one attached hydrogen (secondary N) is 1. The maximum absolute atomic E-state index is 11.0. The number of anilines is 1. The van der Waals surface area contributed by atoms with Crippen LogP contribution in [0, 0.1) is 21.4 Å². The number of nitro groups is 1. The van der Waals surface area contributed by atoms with Crippen molar-refractivity contribution in [2.24, 2.45) is 0 Å². The van der Waals surface area contributed by atoms with Crippen molar-refractivity contribution in [2.75, 3.05) is 5.32 Å². The van der Waals surface area contributed by atoms with E-state index in [-0.39, 0.29) is 16.9 Å². The molecular weight excluding hydrogens is 246 g/mol.